The SMILES string of the molecule is C/C(=N/NC(=S)Nc1ccccc1[N+](=O)[O-])c1cccc([N+](=O)[O-])c1. The van der Waals surface area contributed by atoms with Crippen molar-refractivity contribution in [1.82, 2.24) is 5.43 Å². The molecule has 0 fully saturated rings. The number of nitrogens with zero attached hydrogens (tertiary/aromatic N) is 3. The predicted octanol–water partition coefficient (Wildman–Crippen LogP) is 3.21. The van der Waals surface area contributed by atoms with Crippen LogP contribution >= 0.6 is 12.2 Å². The third-order valence-electron chi connectivity index (χ3n) is 3.15. The van der Waals surface area contributed by atoms with Gasteiger partial charge in [0, 0.05) is 23.8 Å². The van der Waals surface area contributed by atoms with Crippen LogP contribution in [-0.4, -0.2) is 20.7 Å². The summed E-state index contributed by atoms with van der Waals surface area (Å²) in [5, 5.41) is 28.5. The van der Waals surface area contributed by atoms with Gasteiger partial charge in [0.25, 0.3) is 11.4 Å². The third-order valence-corrected chi connectivity index (χ3v) is 3.34. The molecule has 0 aliphatic carbocycles. The molecule has 0 aliphatic rings. The van der Waals surface area contributed by atoms with E-state index in [1.54, 1.807) is 31.2 Å². The van der Waals surface area contributed by atoms with Gasteiger partial charge in [-0.2, -0.15) is 5.10 Å². The fraction of sp³-hybridized carbons (Fsp3) is 0.0667. The molecular weight excluding hydrogens is 346 g/mol. The van der Waals surface area contributed by atoms with E-state index in [1.165, 1.54) is 24.3 Å². The Hall–Kier alpha value is -3.40. The minimum atomic E-state index is -0.525. The molecule has 2 rings (SSSR count). The van der Waals surface area contributed by atoms with Crippen LogP contribution in [-0.2, 0) is 0 Å². The Labute approximate surface area is 147 Å². The zero-order valence-electron chi connectivity index (χ0n) is 13.0. The molecule has 0 aliphatic heterocycles. The van der Waals surface area contributed by atoms with Crippen LogP contribution in [0.25, 0.3) is 0 Å². The molecule has 0 radical (unpaired) electrons. The van der Waals surface area contributed by atoms with E-state index in [1.807, 2.05) is 0 Å². The van der Waals surface area contributed by atoms with E-state index in [0.29, 0.717) is 11.3 Å². The Morgan fingerprint density at radius 1 is 1.08 bits per heavy atom. The molecule has 0 heterocycles. The van der Waals surface area contributed by atoms with Crippen molar-refractivity contribution in [2.75, 3.05) is 5.32 Å². The molecule has 10 heteroatoms. The Balaban J connectivity index is 2.08. The van der Waals surface area contributed by atoms with Gasteiger partial charge in [-0.05, 0) is 25.2 Å². The first-order valence-corrected chi connectivity index (χ1v) is 7.39. The molecule has 0 atom stereocenters. The van der Waals surface area contributed by atoms with Crippen molar-refractivity contribution in [3.8, 4) is 0 Å². The van der Waals surface area contributed by atoms with Crippen molar-refractivity contribution >= 4 is 40.1 Å². The summed E-state index contributed by atoms with van der Waals surface area (Å²) in [7, 11) is 0. The Bertz CT molecular complexity index is 869. The molecule has 2 N–H and O–H groups in total. The van der Waals surface area contributed by atoms with Crippen LogP contribution in [0.1, 0.15) is 12.5 Å². The topological polar surface area (TPSA) is 123 Å². The highest BCUT2D eigenvalue weighted by molar-refractivity contribution is 7.80. The van der Waals surface area contributed by atoms with Crippen molar-refractivity contribution in [1.29, 1.82) is 0 Å². The standard InChI is InChI=1S/C15H13N5O4S/c1-10(11-5-4-6-12(9-11)19(21)22)17-18-15(25)16-13-7-2-3-8-14(13)20(23)24/h2-9H,1H3,(H2,16,18,25)/b17-10-. The summed E-state index contributed by atoms with van der Waals surface area (Å²) in [4.78, 5) is 20.7. The summed E-state index contributed by atoms with van der Waals surface area (Å²) >= 11 is 5.06. The average Bonchev–Trinajstić information content (AvgIpc) is 2.60. The zero-order valence-corrected chi connectivity index (χ0v) is 13.8. The number of anilines is 1. The third kappa shape index (κ3) is 4.78. The molecular formula is C15H13N5O4S. The number of nitro groups is 2. The first-order valence-electron chi connectivity index (χ1n) is 6.98. The smallest absolute Gasteiger partial charge is 0.292 e. The van der Waals surface area contributed by atoms with Gasteiger partial charge in [-0.1, -0.05) is 24.3 Å². The molecule has 2 aromatic carbocycles. The van der Waals surface area contributed by atoms with Crippen LogP contribution < -0.4 is 10.7 Å². The number of para-hydroxylation sites is 2. The first-order chi connectivity index (χ1) is 11.9. The maximum absolute atomic E-state index is 11.0. The minimum Gasteiger partial charge on any atom is -0.326 e. The van der Waals surface area contributed by atoms with Crippen molar-refractivity contribution in [3.05, 3.63) is 74.3 Å². The first kappa shape index (κ1) is 17.9. The second kappa shape index (κ2) is 7.93. The summed E-state index contributed by atoms with van der Waals surface area (Å²) in [6.45, 7) is 1.65. The lowest BCUT2D eigenvalue weighted by Crippen LogP contribution is -2.25. The summed E-state index contributed by atoms with van der Waals surface area (Å²) in [5.41, 5.74) is 3.64. The summed E-state index contributed by atoms with van der Waals surface area (Å²) < 4.78 is 0. The van der Waals surface area contributed by atoms with E-state index in [2.05, 4.69) is 15.8 Å². The van der Waals surface area contributed by atoms with Crippen LogP contribution in [0, 0.1) is 20.2 Å². The number of thiocarbonyl (C=S) groups is 1. The van der Waals surface area contributed by atoms with Crippen LogP contribution in [0.2, 0.25) is 0 Å². The van der Waals surface area contributed by atoms with Crippen molar-refractivity contribution in [3.63, 3.8) is 0 Å². The highest BCUT2D eigenvalue weighted by Gasteiger charge is 2.13. The van der Waals surface area contributed by atoms with Gasteiger partial charge in [-0.3, -0.25) is 25.7 Å². The number of hydrogen-bond acceptors (Lipinski definition) is 6. The Morgan fingerprint density at radius 3 is 2.48 bits per heavy atom. The van der Waals surface area contributed by atoms with Gasteiger partial charge in [0.05, 0.1) is 15.6 Å². The number of non-ortho nitro benzene ring substituents is 1. The monoisotopic (exact) mass is 359 g/mol. The largest absolute Gasteiger partial charge is 0.326 e. The van der Waals surface area contributed by atoms with Crippen LogP contribution in [0.5, 0.6) is 0 Å². The van der Waals surface area contributed by atoms with Gasteiger partial charge in [-0.25, -0.2) is 0 Å². The van der Waals surface area contributed by atoms with Gasteiger partial charge in [0.15, 0.2) is 5.11 Å². The average molecular weight is 359 g/mol. The number of hydrazone groups is 1. The Kier molecular flexibility index (Phi) is 5.69. The van der Waals surface area contributed by atoms with Crippen LogP contribution in [0.3, 0.4) is 0 Å². The molecule has 0 bridgehead atoms. The van der Waals surface area contributed by atoms with E-state index in [9.17, 15) is 20.2 Å². The molecule has 0 unspecified atom stereocenters. The number of nitro benzene ring substituents is 2. The number of benzene rings is 2. The molecule has 9 nitrogen and oxygen atoms in total. The lowest BCUT2D eigenvalue weighted by atomic mass is 10.1. The van der Waals surface area contributed by atoms with E-state index in [0.717, 1.165) is 0 Å². The summed E-state index contributed by atoms with van der Waals surface area (Å²) in [5.74, 6) is 0. The lowest BCUT2D eigenvalue weighted by Gasteiger charge is -2.08. The molecule has 0 saturated carbocycles. The molecule has 128 valence electrons. The van der Waals surface area contributed by atoms with Gasteiger partial charge in [-0.15, -0.1) is 0 Å². The summed E-state index contributed by atoms with van der Waals surface area (Å²) in [6.07, 6.45) is 0. The molecule has 0 amide bonds. The fourth-order valence-electron chi connectivity index (χ4n) is 1.93. The fourth-order valence-corrected chi connectivity index (χ4v) is 2.09. The van der Waals surface area contributed by atoms with E-state index in [-0.39, 0.29) is 22.2 Å². The number of rotatable bonds is 5. The highest BCUT2D eigenvalue weighted by atomic mass is 32.1. The predicted molar refractivity (Wildman–Crippen MR) is 97.8 cm³/mol. The van der Waals surface area contributed by atoms with E-state index < -0.39 is 9.85 Å². The van der Waals surface area contributed by atoms with E-state index in [4.69, 9.17) is 12.2 Å². The number of nitrogens with one attached hydrogen (secondary N) is 2. The second-order valence-electron chi connectivity index (χ2n) is 4.84. The molecule has 0 spiro atoms. The maximum Gasteiger partial charge on any atom is 0.292 e. The van der Waals surface area contributed by atoms with Crippen LogP contribution in [0.4, 0.5) is 17.1 Å². The molecule has 2 aromatic rings. The normalized spacial score (nSPS) is 10.8. The second-order valence-corrected chi connectivity index (χ2v) is 5.25. The highest BCUT2D eigenvalue weighted by Crippen LogP contribution is 2.22. The van der Waals surface area contributed by atoms with Gasteiger partial charge in [0.2, 0.25) is 0 Å². The van der Waals surface area contributed by atoms with Crippen molar-refractivity contribution in [2.24, 2.45) is 5.10 Å². The van der Waals surface area contributed by atoms with E-state index >= 15 is 0 Å². The maximum atomic E-state index is 11.0. The quantitative estimate of drug-likeness (QED) is 0.364. The van der Waals surface area contributed by atoms with Crippen molar-refractivity contribution in [2.45, 2.75) is 6.92 Å². The molecule has 0 saturated heterocycles. The lowest BCUT2D eigenvalue weighted by molar-refractivity contribution is -0.384. The molecule has 0 aromatic heterocycles. The van der Waals surface area contributed by atoms with Gasteiger partial charge < -0.3 is 5.32 Å². The zero-order chi connectivity index (χ0) is 18.4. The number of hydrogen-bond donors (Lipinski definition) is 2. The minimum absolute atomic E-state index is 0.0485. The van der Waals surface area contributed by atoms with Crippen LogP contribution in [0.15, 0.2) is 53.6 Å². The van der Waals surface area contributed by atoms with Gasteiger partial charge in [0.1, 0.15) is 5.69 Å². The Morgan fingerprint density at radius 2 is 1.80 bits per heavy atom. The van der Waals surface area contributed by atoms with Gasteiger partial charge >= 0.3 is 0 Å². The van der Waals surface area contributed by atoms with Crippen molar-refractivity contribution < 1.29 is 9.85 Å². The summed E-state index contributed by atoms with van der Waals surface area (Å²) in [6, 6.07) is 12.0. The molecule has 25 heavy (non-hydrogen) atoms.